The highest BCUT2D eigenvalue weighted by molar-refractivity contribution is 7.99. The molecule has 0 radical (unpaired) electrons. The van der Waals surface area contributed by atoms with Gasteiger partial charge in [0.25, 0.3) is 0 Å². The monoisotopic (exact) mass is 494 g/mol. The molecule has 1 heterocycles. The molecule has 0 aliphatic heterocycles. The lowest BCUT2D eigenvalue weighted by Crippen LogP contribution is -2.28. The van der Waals surface area contributed by atoms with Crippen LogP contribution in [0, 0.1) is 23.6 Å². The van der Waals surface area contributed by atoms with Gasteiger partial charge in [-0.2, -0.15) is 0 Å². The quantitative estimate of drug-likeness (QED) is 0.355. The highest BCUT2D eigenvalue weighted by Gasteiger charge is 2.43. The standard InChI is InChI=1S/C27H31FN4O2S/c1-18(22-15-19-12-13-20(22)14-19)32-25(16-34-24-11-7-6-10-23(24)28)29-30-27(32)35-17-26(33)31(2)21-8-4-3-5-9-21/h3-11,18-20,22H,12-17H2,1-2H3/t18-,19-,20-,22+/m1/s1. The van der Waals surface area contributed by atoms with Gasteiger partial charge in [0.2, 0.25) is 5.91 Å². The molecule has 0 spiro atoms. The molecule has 1 aromatic heterocycles. The Labute approximate surface area is 209 Å². The molecule has 8 heteroatoms. The van der Waals surface area contributed by atoms with Crippen molar-refractivity contribution < 1.29 is 13.9 Å². The maximum Gasteiger partial charge on any atom is 0.237 e. The van der Waals surface area contributed by atoms with Crippen LogP contribution in [0.1, 0.15) is 44.5 Å². The molecule has 4 atom stereocenters. The third-order valence-electron chi connectivity index (χ3n) is 7.59. The lowest BCUT2D eigenvalue weighted by molar-refractivity contribution is -0.115. The topological polar surface area (TPSA) is 60.2 Å². The van der Waals surface area contributed by atoms with Gasteiger partial charge in [0.05, 0.1) is 5.75 Å². The minimum atomic E-state index is -0.399. The first-order valence-corrected chi connectivity index (χ1v) is 13.3. The number of nitrogens with zero attached hydrogens (tertiary/aromatic N) is 4. The number of amides is 1. The zero-order chi connectivity index (χ0) is 24.4. The fourth-order valence-corrected chi connectivity index (χ4v) is 6.67. The molecule has 2 aromatic carbocycles. The molecule has 1 amide bonds. The number of thioether (sulfide) groups is 1. The number of para-hydroxylation sites is 2. The summed E-state index contributed by atoms with van der Waals surface area (Å²) in [6.45, 7) is 2.35. The second kappa shape index (κ2) is 10.4. The molecular formula is C27H31FN4O2S. The van der Waals surface area contributed by atoms with E-state index in [-0.39, 0.29) is 30.1 Å². The largest absolute Gasteiger partial charge is 0.483 e. The van der Waals surface area contributed by atoms with Crippen LogP contribution in [-0.2, 0) is 11.4 Å². The summed E-state index contributed by atoms with van der Waals surface area (Å²) in [6, 6.07) is 16.2. The Morgan fingerprint density at radius 2 is 1.91 bits per heavy atom. The molecule has 0 saturated heterocycles. The Bertz CT molecular complexity index is 1170. The van der Waals surface area contributed by atoms with E-state index in [9.17, 15) is 9.18 Å². The van der Waals surface area contributed by atoms with E-state index < -0.39 is 5.82 Å². The highest BCUT2D eigenvalue weighted by Crippen LogP contribution is 2.52. The SMILES string of the molecule is C[C@H]([C@@H]1C[C@@H]2CC[C@@H]1C2)n1c(COc2ccccc2F)nnc1SCC(=O)N(C)c1ccccc1. The molecule has 2 fully saturated rings. The van der Waals surface area contributed by atoms with Crippen LogP contribution in [0.2, 0.25) is 0 Å². The van der Waals surface area contributed by atoms with Crippen molar-refractivity contribution in [1.29, 1.82) is 0 Å². The highest BCUT2D eigenvalue weighted by atomic mass is 32.2. The number of ether oxygens (including phenoxy) is 1. The van der Waals surface area contributed by atoms with E-state index >= 15 is 0 Å². The van der Waals surface area contributed by atoms with Crippen LogP contribution in [0.25, 0.3) is 0 Å². The molecule has 184 valence electrons. The van der Waals surface area contributed by atoms with Crippen molar-refractivity contribution >= 4 is 23.4 Å². The number of carbonyl (C=O) groups excluding carboxylic acids is 1. The van der Waals surface area contributed by atoms with Gasteiger partial charge < -0.3 is 9.64 Å². The summed E-state index contributed by atoms with van der Waals surface area (Å²) < 4.78 is 22.0. The van der Waals surface area contributed by atoms with Crippen molar-refractivity contribution in [3.63, 3.8) is 0 Å². The Morgan fingerprint density at radius 1 is 1.14 bits per heavy atom. The minimum Gasteiger partial charge on any atom is -0.483 e. The van der Waals surface area contributed by atoms with Gasteiger partial charge in [-0.25, -0.2) is 4.39 Å². The second-order valence-electron chi connectivity index (χ2n) is 9.64. The lowest BCUT2D eigenvalue weighted by Gasteiger charge is -2.30. The number of anilines is 1. The molecule has 3 aromatic rings. The van der Waals surface area contributed by atoms with Crippen molar-refractivity contribution in [1.82, 2.24) is 14.8 Å². The van der Waals surface area contributed by atoms with Gasteiger partial charge in [-0.3, -0.25) is 9.36 Å². The number of rotatable bonds is 9. The van der Waals surface area contributed by atoms with Gasteiger partial charge >= 0.3 is 0 Å². The second-order valence-corrected chi connectivity index (χ2v) is 10.6. The van der Waals surface area contributed by atoms with E-state index in [4.69, 9.17) is 4.74 Å². The van der Waals surface area contributed by atoms with Crippen molar-refractivity contribution in [2.24, 2.45) is 17.8 Å². The fraction of sp³-hybridized carbons (Fsp3) is 0.444. The van der Waals surface area contributed by atoms with E-state index in [1.807, 2.05) is 30.3 Å². The van der Waals surface area contributed by atoms with E-state index in [1.54, 1.807) is 30.1 Å². The summed E-state index contributed by atoms with van der Waals surface area (Å²) in [5.74, 6) is 2.80. The first-order chi connectivity index (χ1) is 17.0. The van der Waals surface area contributed by atoms with Gasteiger partial charge in [0.15, 0.2) is 22.5 Å². The maximum absolute atomic E-state index is 14.1. The molecule has 2 aliphatic carbocycles. The van der Waals surface area contributed by atoms with Crippen LogP contribution in [0.15, 0.2) is 59.8 Å². The first-order valence-electron chi connectivity index (χ1n) is 12.3. The average Bonchev–Trinajstić information content (AvgIpc) is 3.62. The average molecular weight is 495 g/mol. The fourth-order valence-electron chi connectivity index (χ4n) is 5.71. The molecule has 0 unspecified atom stereocenters. The Morgan fingerprint density at radius 3 is 2.63 bits per heavy atom. The number of fused-ring (bicyclic) bond motifs is 2. The number of halogens is 1. The molecule has 2 bridgehead atoms. The Balaban J connectivity index is 1.34. The molecule has 35 heavy (non-hydrogen) atoms. The summed E-state index contributed by atoms with van der Waals surface area (Å²) in [7, 11) is 1.79. The van der Waals surface area contributed by atoms with Crippen LogP contribution >= 0.6 is 11.8 Å². The predicted octanol–water partition coefficient (Wildman–Crippen LogP) is 5.75. The Hall–Kier alpha value is -2.87. The number of hydrogen-bond donors (Lipinski definition) is 0. The summed E-state index contributed by atoms with van der Waals surface area (Å²) in [4.78, 5) is 14.6. The van der Waals surface area contributed by atoms with Crippen molar-refractivity contribution in [3.8, 4) is 5.75 Å². The molecular weight excluding hydrogens is 463 g/mol. The van der Waals surface area contributed by atoms with Crippen LogP contribution in [0.5, 0.6) is 5.75 Å². The third-order valence-corrected chi connectivity index (χ3v) is 8.52. The van der Waals surface area contributed by atoms with Crippen LogP contribution in [-0.4, -0.2) is 33.5 Å². The zero-order valence-electron chi connectivity index (χ0n) is 20.1. The van der Waals surface area contributed by atoms with E-state index in [0.29, 0.717) is 16.9 Å². The first kappa shape index (κ1) is 23.9. The number of carbonyl (C=O) groups is 1. The van der Waals surface area contributed by atoms with Gasteiger partial charge in [-0.15, -0.1) is 10.2 Å². The Kier molecular flexibility index (Phi) is 7.09. The minimum absolute atomic E-state index is 0.00696. The van der Waals surface area contributed by atoms with Gasteiger partial charge in [0.1, 0.15) is 6.61 Å². The number of aromatic nitrogens is 3. The summed E-state index contributed by atoms with van der Waals surface area (Å²) in [5.41, 5.74) is 0.855. The molecule has 2 aliphatic rings. The summed E-state index contributed by atoms with van der Waals surface area (Å²) >= 11 is 1.40. The third kappa shape index (κ3) is 5.08. The lowest BCUT2D eigenvalue weighted by atomic mass is 9.84. The maximum atomic E-state index is 14.1. The molecule has 5 rings (SSSR count). The van der Waals surface area contributed by atoms with Crippen molar-refractivity contribution in [2.75, 3.05) is 17.7 Å². The number of benzene rings is 2. The van der Waals surface area contributed by atoms with Gasteiger partial charge in [-0.05, 0) is 68.2 Å². The summed E-state index contributed by atoms with van der Waals surface area (Å²) in [6.07, 6.45) is 5.14. The van der Waals surface area contributed by atoms with E-state index in [1.165, 1.54) is 43.5 Å². The number of hydrogen-bond acceptors (Lipinski definition) is 5. The normalized spacial score (nSPS) is 21.7. The van der Waals surface area contributed by atoms with E-state index in [0.717, 1.165) is 17.5 Å². The van der Waals surface area contributed by atoms with E-state index in [2.05, 4.69) is 21.7 Å². The predicted molar refractivity (Wildman–Crippen MR) is 135 cm³/mol. The zero-order valence-corrected chi connectivity index (χ0v) is 21.0. The van der Waals surface area contributed by atoms with Crippen LogP contribution in [0.4, 0.5) is 10.1 Å². The van der Waals surface area contributed by atoms with Gasteiger partial charge in [-0.1, -0.05) is 48.5 Å². The van der Waals surface area contributed by atoms with Crippen molar-refractivity contribution in [3.05, 3.63) is 66.2 Å². The van der Waals surface area contributed by atoms with Crippen LogP contribution < -0.4 is 9.64 Å². The molecule has 6 nitrogen and oxygen atoms in total. The molecule has 0 N–H and O–H groups in total. The molecule has 2 saturated carbocycles. The van der Waals surface area contributed by atoms with Crippen LogP contribution in [0.3, 0.4) is 0 Å². The smallest absolute Gasteiger partial charge is 0.237 e. The summed E-state index contributed by atoms with van der Waals surface area (Å²) in [5, 5.41) is 9.57. The van der Waals surface area contributed by atoms with Crippen molar-refractivity contribution in [2.45, 2.75) is 50.4 Å². The van der Waals surface area contributed by atoms with Gasteiger partial charge in [0, 0.05) is 18.8 Å².